The highest BCUT2D eigenvalue weighted by molar-refractivity contribution is 8.16. The predicted octanol–water partition coefficient (Wildman–Crippen LogP) is 1.69. The van der Waals surface area contributed by atoms with Crippen LogP contribution in [0.1, 0.15) is 13.3 Å². The summed E-state index contributed by atoms with van der Waals surface area (Å²) in [7, 11) is 0. The second-order valence-electron chi connectivity index (χ2n) is 4.74. The van der Waals surface area contributed by atoms with Crippen molar-refractivity contribution in [3.8, 4) is 18.1 Å². The summed E-state index contributed by atoms with van der Waals surface area (Å²) in [6, 6.07) is 3.68. The minimum absolute atomic E-state index is 0.181. The first-order chi connectivity index (χ1) is 9.64. The second-order valence-corrected chi connectivity index (χ2v) is 6.21. The van der Waals surface area contributed by atoms with Gasteiger partial charge < -0.3 is 4.74 Å². The first kappa shape index (κ1) is 13.0. The van der Waals surface area contributed by atoms with Gasteiger partial charge in [0, 0.05) is 12.6 Å². The third-order valence-electron chi connectivity index (χ3n) is 3.22. The highest BCUT2D eigenvalue weighted by atomic mass is 32.2. The number of amides is 1. The number of hydrogen-bond acceptors (Lipinski definition) is 5. The summed E-state index contributed by atoms with van der Waals surface area (Å²) in [5, 5.41) is 0.649. The second kappa shape index (κ2) is 4.84. The molecule has 0 saturated carbocycles. The summed E-state index contributed by atoms with van der Waals surface area (Å²) in [5.74, 6) is 3.77. The molecule has 2 aliphatic rings. The van der Waals surface area contributed by atoms with Gasteiger partial charge in [0.2, 0.25) is 0 Å². The Hall–Kier alpha value is -2.00. The van der Waals surface area contributed by atoms with Crippen LogP contribution in [0.3, 0.4) is 0 Å². The third-order valence-corrected chi connectivity index (χ3v) is 4.48. The minimum Gasteiger partial charge on any atom is -0.488 e. The SMILES string of the molecule is C#CCC1(C)SC(N2CCOc3cccnc32)=NC1=O. The molecule has 0 bridgehead atoms. The highest BCUT2D eigenvalue weighted by Crippen LogP contribution is 2.40. The molecule has 0 aromatic carbocycles. The fraction of sp³-hybridized carbons (Fsp3) is 0.357. The van der Waals surface area contributed by atoms with E-state index in [1.807, 2.05) is 24.0 Å². The number of anilines is 1. The van der Waals surface area contributed by atoms with Crippen molar-refractivity contribution in [3.05, 3.63) is 18.3 Å². The van der Waals surface area contributed by atoms with Crippen molar-refractivity contribution in [2.24, 2.45) is 4.99 Å². The molecule has 1 aromatic rings. The van der Waals surface area contributed by atoms with Gasteiger partial charge in [-0.2, -0.15) is 4.99 Å². The van der Waals surface area contributed by atoms with Crippen LogP contribution >= 0.6 is 11.8 Å². The fourth-order valence-electron chi connectivity index (χ4n) is 2.13. The molecule has 20 heavy (non-hydrogen) atoms. The van der Waals surface area contributed by atoms with Crippen LogP contribution in [-0.2, 0) is 4.79 Å². The molecule has 0 radical (unpaired) electrons. The molecule has 3 heterocycles. The standard InChI is InChI=1S/C14H13N3O2S/c1-3-6-14(2)12(18)16-13(20-14)17-8-9-19-10-5-4-7-15-11(10)17/h1,4-5,7H,6,8-9H2,2H3. The van der Waals surface area contributed by atoms with Gasteiger partial charge in [0.25, 0.3) is 5.91 Å². The zero-order chi connectivity index (χ0) is 14.2. The van der Waals surface area contributed by atoms with E-state index in [-0.39, 0.29) is 5.91 Å². The predicted molar refractivity (Wildman–Crippen MR) is 79.0 cm³/mol. The lowest BCUT2D eigenvalue weighted by Gasteiger charge is -2.29. The Labute approximate surface area is 121 Å². The number of fused-ring (bicyclic) bond motifs is 1. The van der Waals surface area contributed by atoms with Crippen molar-refractivity contribution < 1.29 is 9.53 Å². The van der Waals surface area contributed by atoms with Crippen LogP contribution in [-0.4, -0.2) is 34.0 Å². The van der Waals surface area contributed by atoms with Gasteiger partial charge in [0.1, 0.15) is 11.4 Å². The number of hydrogen-bond donors (Lipinski definition) is 0. The summed E-state index contributed by atoms with van der Waals surface area (Å²) >= 11 is 1.40. The van der Waals surface area contributed by atoms with E-state index in [0.717, 1.165) is 0 Å². The number of amidine groups is 1. The van der Waals surface area contributed by atoms with Crippen molar-refractivity contribution in [1.82, 2.24) is 4.98 Å². The zero-order valence-electron chi connectivity index (χ0n) is 11.0. The van der Waals surface area contributed by atoms with Gasteiger partial charge >= 0.3 is 0 Å². The Morgan fingerprint density at radius 2 is 2.50 bits per heavy atom. The molecule has 3 rings (SSSR count). The fourth-order valence-corrected chi connectivity index (χ4v) is 3.24. The lowest BCUT2D eigenvalue weighted by Crippen LogP contribution is -2.37. The Morgan fingerprint density at radius 3 is 3.30 bits per heavy atom. The van der Waals surface area contributed by atoms with Gasteiger partial charge in [-0.05, 0) is 19.1 Å². The smallest absolute Gasteiger partial charge is 0.265 e. The molecule has 1 amide bonds. The lowest BCUT2D eigenvalue weighted by molar-refractivity contribution is -0.119. The van der Waals surface area contributed by atoms with Crippen LogP contribution in [0.4, 0.5) is 5.82 Å². The van der Waals surface area contributed by atoms with Crippen LogP contribution in [0.25, 0.3) is 0 Å². The quantitative estimate of drug-likeness (QED) is 0.736. The molecule has 2 aliphatic heterocycles. The summed E-state index contributed by atoms with van der Waals surface area (Å²) in [5.41, 5.74) is 0. The summed E-state index contributed by atoms with van der Waals surface area (Å²) in [6.45, 7) is 2.99. The molecule has 5 nitrogen and oxygen atoms in total. The van der Waals surface area contributed by atoms with Gasteiger partial charge in [-0.25, -0.2) is 4.98 Å². The number of rotatable bonds is 1. The molecule has 6 heteroatoms. The van der Waals surface area contributed by atoms with Crippen LogP contribution < -0.4 is 9.64 Å². The molecular weight excluding hydrogens is 274 g/mol. The van der Waals surface area contributed by atoms with E-state index in [0.29, 0.717) is 36.3 Å². The van der Waals surface area contributed by atoms with Gasteiger partial charge in [0.05, 0.1) is 6.54 Å². The van der Waals surface area contributed by atoms with E-state index in [1.165, 1.54) is 11.8 Å². The molecule has 0 saturated heterocycles. The van der Waals surface area contributed by atoms with Crippen molar-refractivity contribution in [2.75, 3.05) is 18.1 Å². The molecule has 0 fully saturated rings. The van der Waals surface area contributed by atoms with E-state index in [4.69, 9.17) is 11.2 Å². The van der Waals surface area contributed by atoms with Crippen LogP contribution in [0.5, 0.6) is 5.75 Å². The van der Waals surface area contributed by atoms with Gasteiger partial charge in [-0.3, -0.25) is 9.69 Å². The summed E-state index contributed by atoms with van der Waals surface area (Å²) in [4.78, 5) is 22.5. The largest absolute Gasteiger partial charge is 0.488 e. The van der Waals surface area contributed by atoms with E-state index in [9.17, 15) is 4.79 Å². The molecule has 0 aliphatic carbocycles. The topological polar surface area (TPSA) is 54.8 Å². The van der Waals surface area contributed by atoms with Gasteiger partial charge in [0.15, 0.2) is 16.7 Å². The maximum absolute atomic E-state index is 12.1. The molecule has 1 unspecified atom stereocenters. The number of ether oxygens (including phenoxy) is 1. The maximum Gasteiger partial charge on any atom is 0.265 e. The molecule has 0 N–H and O–H groups in total. The Balaban J connectivity index is 1.92. The number of aromatic nitrogens is 1. The third kappa shape index (κ3) is 2.04. The number of pyridine rings is 1. The molecule has 102 valence electrons. The molecule has 1 atom stereocenters. The summed E-state index contributed by atoms with van der Waals surface area (Å²) in [6.07, 6.45) is 7.41. The van der Waals surface area contributed by atoms with Crippen molar-refractivity contribution >= 4 is 28.7 Å². The number of carbonyl (C=O) groups is 1. The number of thioether (sulfide) groups is 1. The molecular formula is C14H13N3O2S. The Morgan fingerprint density at radius 1 is 1.65 bits per heavy atom. The summed E-state index contributed by atoms with van der Waals surface area (Å²) < 4.78 is 4.88. The average Bonchev–Trinajstić information content (AvgIpc) is 2.74. The van der Waals surface area contributed by atoms with Crippen molar-refractivity contribution in [2.45, 2.75) is 18.1 Å². The number of carbonyl (C=O) groups excluding carboxylic acids is 1. The maximum atomic E-state index is 12.1. The number of terminal acetylenes is 1. The highest BCUT2D eigenvalue weighted by Gasteiger charge is 2.43. The first-order valence-corrected chi connectivity index (χ1v) is 7.07. The van der Waals surface area contributed by atoms with Crippen molar-refractivity contribution in [1.29, 1.82) is 0 Å². The van der Waals surface area contributed by atoms with Crippen molar-refractivity contribution in [3.63, 3.8) is 0 Å². The Kier molecular flexibility index (Phi) is 3.14. The lowest BCUT2D eigenvalue weighted by atomic mass is 10.1. The van der Waals surface area contributed by atoms with Gasteiger partial charge in [-0.1, -0.05) is 11.8 Å². The van der Waals surface area contributed by atoms with Crippen LogP contribution in [0, 0.1) is 12.3 Å². The number of aliphatic imine (C=N–C) groups is 1. The van der Waals surface area contributed by atoms with E-state index in [1.54, 1.807) is 6.20 Å². The monoisotopic (exact) mass is 287 g/mol. The average molecular weight is 287 g/mol. The Bertz CT molecular complexity index is 638. The zero-order valence-corrected chi connectivity index (χ0v) is 11.8. The van der Waals surface area contributed by atoms with E-state index in [2.05, 4.69) is 15.9 Å². The van der Waals surface area contributed by atoms with Crippen LogP contribution in [0.2, 0.25) is 0 Å². The van der Waals surface area contributed by atoms with E-state index >= 15 is 0 Å². The van der Waals surface area contributed by atoms with Crippen LogP contribution in [0.15, 0.2) is 23.3 Å². The van der Waals surface area contributed by atoms with E-state index < -0.39 is 4.75 Å². The normalized spacial score (nSPS) is 24.7. The molecule has 1 aromatic heterocycles. The number of nitrogens with zero attached hydrogens (tertiary/aromatic N) is 3. The van der Waals surface area contributed by atoms with Gasteiger partial charge in [-0.15, -0.1) is 12.3 Å². The first-order valence-electron chi connectivity index (χ1n) is 6.25. The molecule has 0 spiro atoms. The minimum atomic E-state index is -0.669.